The summed E-state index contributed by atoms with van der Waals surface area (Å²) in [6, 6.07) is 16.6. The van der Waals surface area contributed by atoms with E-state index >= 15 is 0 Å². The van der Waals surface area contributed by atoms with E-state index in [0.29, 0.717) is 12.4 Å². The SMILES string of the molecule is COCCn1c(SCC(=O)N[C@H]2CCCc3ccccc32)nc2ccccc21. The Hall–Kier alpha value is -2.31. The van der Waals surface area contributed by atoms with Crippen molar-refractivity contribution in [3.63, 3.8) is 0 Å². The molecule has 6 heteroatoms. The predicted molar refractivity (Wildman–Crippen MR) is 113 cm³/mol. The van der Waals surface area contributed by atoms with Gasteiger partial charge in [-0.25, -0.2) is 4.98 Å². The second-order valence-corrected chi connectivity index (χ2v) is 7.97. The maximum Gasteiger partial charge on any atom is 0.230 e. The zero-order chi connectivity index (χ0) is 19.3. The first-order chi connectivity index (χ1) is 13.8. The lowest BCUT2D eigenvalue weighted by atomic mass is 9.88. The highest BCUT2D eigenvalue weighted by Crippen LogP contribution is 2.30. The Morgan fingerprint density at radius 3 is 2.96 bits per heavy atom. The maximum absolute atomic E-state index is 12.6. The number of carbonyl (C=O) groups excluding carboxylic acids is 1. The van der Waals surface area contributed by atoms with Gasteiger partial charge < -0.3 is 14.6 Å². The van der Waals surface area contributed by atoms with Crippen molar-refractivity contribution in [2.24, 2.45) is 0 Å². The molecule has 0 aliphatic heterocycles. The fourth-order valence-corrected chi connectivity index (χ4v) is 4.68. The number of aromatic nitrogens is 2. The number of ether oxygens (including phenoxy) is 1. The molecule has 0 saturated carbocycles. The third-order valence-corrected chi connectivity index (χ3v) is 6.15. The number of imidazole rings is 1. The van der Waals surface area contributed by atoms with Gasteiger partial charge in [0.1, 0.15) is 0 Å². The number of methoxy groups -OCH3 is 1. The summed E-state index contributed by atoms with van der Waals surface area (Å²) in [5.74, 6) is 0.409. The third-order valence-electron chi connectivity index (χ3n) is 5.18. The van der Waals surface area contributed by atoms with Gasteiger partial charge in [0.2, 0.25) is 5.91 Å². The fourth-order valence-electron chi connectivity index (χ4n) is 3.83. The first-order valence-corrected chi connectivity index (χ1v) is 10.7. The van der Waals surface area contributed by atoms with Crippen LogP contribution in [0.1, 0.15) is 30.0 Å². The van der Waals surface area contributed by atoms with Gasteiger partial charge in [-0.3, -0.25) is 4.79 Å². The van der Waals surface area contributed by atoms with E-state index < -0.39 is 0 Å². The van der Waals surface area contributed by atoms with Crippen LogP contribution in [0.15, 0.2) is 53.7 Å². The molecule has 4 rings (SSSR count). The first kappa shape index (κ1) is 19.0. The number of fused-ring (bicyclic) bond motifs is 2. The zero-order valence-corrected chi connectivity index (χ0v) is 16.9. The molecule has 1 atom stereocenters. The summed E-state index contributed by atoms with van der Waals surface area (Å²) in [7, 11) is 1.70. The standard InChI is InChI=1S/C22H25N3O2S/c1-27-14-13-25-20-12-5-4-10-19(20)24-22(25)28-15-21(26)23-18-11-6-8-16-7-2-3-9-17(16)18/h2-5,7,9-10,12,18H,6,8,11,13-15H2,1H3,(H,23,26)/t18-/m0/s1. The molecule has 146 valence electrons. The second-order valence-electron chi connectivity index (χ2n) is 7.03. The Morgan fingerprint density at radius 1 is 1.25 bits per heavy atom. The minimum Gasteiger partial charge on any atom is -0.383 e. The topological polar surface area (TPSA) is 56.1 Å². The van der Waals surface area contributed by atoms with E-state index in [1.165, 1.54) is 22.9 Å². The molecule has 1 N–H and O–H groups in total. The Kier molecular flexibility index (Phi) is 5.98. The summed E-state index contributed by atoms with van der Waals surface area (Å²) < 4.78 is 7.37. The van der Waals surface area contributed by atoms with Gasteiger partial charge in [-0.05, 0) is 42.5 Å². The molecule has 1 aliphatic carbocycles. The summed E-state index contributed by atoms with van der Waals surface area (Å²) in [5.41, 5.74) is 4.64. The highest BCUT2D eigenvalue weighted by atomic mass is 32.2. The lowest BCUT2D eigenvalue weighted by molar-refractivity contribution is -0.119. The minimum absolute atomic E-state index is 0.0528. The summed E-state index contributed by atoms with van der Waals surface area (Å²) in [5, 5.41) is 4.08. The van der Waals surface area contributed by atoms with Crippen LogP contribution >= 0.6 is 11.8 Å². The maximum atomic E-state index is 12.6. The Labute approximate surface area is 169 Å². The molecule has 5 nitrogen and oxygen atoms in total. The van der Waals surface area contributed by atoms with E-state index in [9.17, 15) is 4.79 Å². The van der Waals surface area contributed by atoms with Gasteiger partial charge in [-0.2, -0.15) is 0 Å². The van der Waals surface area contributed by atoms with Crippen LogP contribution in [-0.2, 0) is 22.5 Å². The highest BCUT2D eigenvalue weighted by Gasteiger charge is 2.21. The van der Waals surface area contributed by atoms with Crippen molar-refractivity contribution < 1.29 is 9.53 Å². The van der Waals surface area contributed by atoms with Crippen LogP contribution in [-0.4, -0.2) is 34.9 Å². The van der Waals surface area contributed by atoms with E-state index in [2.05, 4.69) is 40.2 Å². The highest BCUT2D eigenvalue weighted by molar-refractivity contribution is 7.99. The second kappa shape index (κ2) is 8.80. The molecule has 0 spiro atoms. The summed E-state index contributed by atoms with van der Waals surface area (Å²) in [6.45, 7) is 1.33. The number of benzene rings is 2. The van der Waals surface area contributed by atoms with Crippen LogP contribution in [0.3, 0.4) is 0 Å². The number of aryl methyl sites for hydroxylation is 1. The number of amides is 1. The molecule has 1 amide bonds. The molecule has 1 aromatic heterocycles. The molecule has 0 radical (unpaired) electrons. The average molecular weight is 396 g/mol. The molecule has 0 saturated heterocycles. The third kappa shape index (κ3) is 4.08. The lowest BCUT2D eigenvalue weighted by Crippen LogP contribution is -2.32. The number of thioether (sulfide) groups is 1. The number of hydrogen-bond acceptors (Lipinski definition) is 4. The number of nitrogens with one attached hydrogen (secondary N) is 1. The van der Waals surface area contributed by atoms with Crippen LogP contribution in [0, 0.1) is 0 Å². The fraction of sp³-hybridized carbons (Fsp3) is 0.364. The summed E-state index contributed by atoms with van der Waals surface area (Å²) in [6.07, 6.45) is 3.21. The molecule has 0 bridgehead atoms. The van der Waals surface area contributed by atoms with Gasteiger partial charge in [-0.1, -0.05) is 48.2 Å². The molecule has 1 aliphatic rings. The van der Waals surface area contributed by atoms with Crippen molar-refractivity contribution >= 4 is 28.7 Å². The molecule has 0 unspecified atom stereocenters. The molecule has 28 heavy (non-hydrogen) atoms. The van der Waals surface area contributed by atoms with Gasteiger partial charge in [-0.15, -0.1) is 0 Å². The van der Waals surface area contributed by atoms with Gasteiger partial charge >= 0.3 is 0 Å². The van der Waals surface area contributed by atoms with Crippen LogP contribution in [0.5, 0.6) is 0 Å². The Bertz CT molecular complexity index is 969. The molecule has 2 aromatic carbocycles. The van der Waals surface area contributed by atoms with E-state index in [4.69, 9.17) is 9.72 Å². The summed E-state index contributed by atoms with van der Waals surface area (Å²) in [4.78, 5) is 17.4. The number of carbonyl (C=O) groups is 1. The molecule has 0 fully saturated rings. The van der Waals surface area contributed by atoms with E-state index in [1.807, 2.05) is 18.2 Å². The van der Waals surface area contributed by atoms with E-state index in [1.54, 1.807) is 7.11 Å². The molecular formula is C22H25N3O2S. The minimum atomic E-state index is 0.0528. The van der Waals surface area contributed by atoms with Crippen LogP contribution < -0.4 is 5.32 Å². The number of para-hydroxylation sites is 2. The van der Waals surface area contributed by atoms with Crippen molar-refractivity contribution in [2.75, 3.05) is 19.5 Å². The Morgan fingerprint density at radius 2 is 2.07 bits per heavy atom. The van der Waals surface area contributed by atoms with Crippen molar-refractivity contribution in [2.45, 2.75) is 37.0 Å². The Balaban J connectivity index is 1.44. The lowest BCUT2D eigenvalue weighted by Gasteiger charge is -2.26. The summed E-state index contributed by atoms with van der Waals surface area (Å²) >= 11 is 1.49. The average Bonchev–Trinajstić information content (AvgIpc) is 3.08. The smallest absolute Gasteiger partial charge is 0.230 e. The van der Waals surface area contributed by atoms with E-state index in [-0.39, 0.29) is 11.9 Å². The normalized spacial score (nSPS) is 16.1. The van der Waals surface area contributed by atoms with Gasteiger partial charge in [0, 0.05) is 13.7 Å². The van der Waals surface area contributed by atoms with Crippen LogP contribution in [0.2, 0.25) is 0 Å². The first-order valence-electron chi connectivity index (χ1n) is 9.70. The van der Waals surface area contributed by atoms with Crippen molar-refractivity contribution in [1.82, 2.24) is 14.9 Å². The molecule has 1 heterocycles. The van der Waals surface area contributed by atoms with Crippen LogP contribution in [0.25, 0.3) is 11.0 Å². The monoisotopic (exact) mass is 395 g/mol. The number of rotatable bonds is 7. The van der Waals surface area contributed by atoms with Crippen molar-refractivity contribution in [3.8, 4) is 0 Å². The van der Waals surface area contributed by atoms with Crippen LogP contribution in [0.4, 0.5) is 0 Å². The van der Waals surface area contributed by atoms with Crippen molar-refractivity contribution in [3.05, 3.63) is 59.7 Å². The number of hydrogen-bond donors (Lipinski definition) is 1. The zero-order valence-electron chi connectivity index (χ0n) is 16.1. The molecular weight excluding hydrogens is 370 g/mol. The largest absolute Gasteiger partial charge is 0.383 e. The predicted octanol–water partition coefficient (Wildman–Crippen LogP) is 3.97. The van der Waals surface area contributed by atoms with Gasteiger partial charge in [0.15, 0.2) is 5.16 Å². The molecule has 3 aromatic rings. The number of nitrogens with zero attached hydrogens (tertiary/aromatic N) is 2. The van der Waals surface area contributed by atoms with E-state index in [0.717, 1.165) is 42.0 Å². The van der Waals surface area contributed by atoms with Gasteiger partial charge in [0.05, 0.1) is 29.4 Å². The van der Waals surface area contributed by atoms with Crippen molar-refractivity contribution in [1.29, 1.82) is 0 Å². The quantitative estimate of drug-likeness (QED) is 0.615. The van der Waals surface area contributed by atoms with Gasteiger partial charge in [0.25, 0.3) is 0 Å².